The van der Waals surface area contributed by atoms with Crippen molar-refractivity contribution < 1.29 is 4.79 Å². The van der Waals surface area contributed by atoms with E-state index in [-0.39, 0.29) is 18.5 Å². The van der Waals surface area contributed by atoms with Gasteiger partial charge in [0.15, 0.2) is 0 Å². The normalized spacial score (nSPS) is 11.4. The summed E-state index contributed by atoms with van der Waals surface area (Å²) in [6.07, 6.45) is 6.06. The Morgan fingerprint density at radius 2 is 2.29 bits per heavy atom. The second kappa shape index (κ2) is 6.59. The van der Waals surface area contributed by atoms with E-state index in [1.807, 2.05) is 25.1 Å². The van der Waals surface area contributed by atoms with E-state index < -0.39 is 0 Å². The van der Waals surface area contributed by atoms with Gasteiger partial charge in [-0.1, -0.05) is 25.0 Å². The summed E-state index contributed by atoms with van der Waals surface area (Å²) in [6.45, 7) is 4.17. The fourth-order valence-corrected chi connectivity index (χ4v) is 1.49. The van der Waals surface area contributed by atoms with Crippen LogP contribution in [0.3, 0.4) is 0 Å². The molecule has 0 aliphatic rings. The third kappa shape index (κ3) is 4.20. The molecular formula is C14H18N2O. The van der Waals surface area contributed by atoms with Crippen LogP contribution in [-0.4, -0.2) is 18.5 Å². The zero-order valence-corrected chi connectivity index (χ0v) is 10.3. The van der Waals surface area contributed by atoms with E-state index in [0.29, 0.717) is 0 Å². The molecule has 2 N–H and O–H groups in total. The Bertz CT molecular complexity index is 420. The van der Waals surface area contributed by atoms with Crippen LogP contribution in [0.25, 0.3) is 0 Å². The first-order chi connectivity index (χ1) is 8.17. The summed E-state index contributed by atoms with van der Waals surface area (Å²) in [5, 5.41) is 5.79. The van der Waals surface area contributed by atoms with Gasteiger partial charge in [-0.15, -0.1) is 6.42 Å². The first kappa shape index (κ1) is 13.1. The first-order valence-electron chi connectivity index (χ1n) is 5.74. The van der Waals surface area contributed by atoms with Crippen molar-refractivity contribution in [2.24, 2.45) is 0 Å². The molecule has 3 nitrogen and oxygen atoms in total. The predicted molar refractivity (Wildman–Crippen MR) is 70.7 cm³/mol. The minimum absolute atomic E-state index is 0.0927. The van der Waals surface area contributed by atoms with Crippen molar-refractivity contribution in [2.45, 2.75) is 26.3 Å². The lowest BCUT2D eigenvalue weighted by molar-refractivity contribution is -0.121. The van der Waals surface area contributed by atoms with E-state index in [0.717, 1.165) is 12.1 Å². The van der Waals surface area contributed by atoms with Crippen molar-refractivity contribution in [3.63, 3.8) is 0 Å². The number of nitrogens with one attached hydrogen (secondary N) is 2. The number of hydrogen-bond donors (Lipinski definition) is 2. The van der Waals surface area contributed by atoms with Gasteiger partial charge in [-0.3, -0.25) is 4.79 Å². The third-order valence-electron chi connectivity index (χ3n) is 2.48. The molecule has 0 aliphatic carbocycles. The van der Waals surface area contributed by atoms with E-state index in [1.54, 1.807) is 0 Å². The van der Waals surface area contributed by atoms with Gasteiger partial charge in [0.25, 0.3) is 0 Å². The molecule has 17 heavy (non-hydrogen) atoms. The quantitative estimate of drug-likeness (QED) is 0.757. The van der Waals surface area contributed by atoms with Crippen LogP contribution in [0.15, 0.2) is 24.3 Å². The average molecular weight is 230 g/mol. The molecule has 1 unspecified atom stereocenters. The molecule has 0 bridgehead atoms. The molecule has 0 fully saturated rings. The van der Waals surface area contributed by atoms with Crippen molar-refractivity contribution in [1.29, 1.82) is 0 Å². The van der Waals surface area contributed by atoms with Crippen molar-refractivity contribution in [3.05, 3.63) is 29.8 Å². The van der Waals surface area contributed by atoms with Gasteiger partial charge in [-0.25, -0.2) is 0 Å². The van der Waals surface area contributed by atoms with Gasteiger partial charge in [-0.2, -0.15) is 0 Å². The van der Waals surface area contributed by atoms with Crippen molar-refractivity contribution in [1.82, 2.24) is 5.32 Å². The second-order valence-electron chi connectivity index (χ2n) is 3.84. The van der Waals surface area contributed by atoms with E-state index in [2.05, 4.69) is 29.5 Å². The Morgan fingerprint density at radius 1 is 1.53 bits per heavy atom. The SMILES string of the molecule is C#CCNC(=O)C(C)Nc1cccc(CC)c1. The largest absolute Gasteiger partial charge is 0.374 e. The molecule has 1 amide bonds. The molecule has 0 saturated carbocycles. The maximum Gasteiger partial charge on any atom is 0.242 e. The van der Waals surface area contributed by atoms with Crippen LogP contribution in [0.1, 0.15) is 19.4 Å². The highest BCUT2D eigenvalue weighted by molar-refractivity contribution is 5.84. The number of terminal acetylenes is 1. The van der Waals surface area contributed by atoms with Crippen LogP contribution < -0.4 is 10.6 Å². The molecule has 0 saturated heterocycles. The first-order valence-corrected chi connectivity index (χ1v) is 5.74. The number of anilines is 1. The van der Waals surface area contributed by atoms with Crippen molar-refractivity contribution in [3.8, 4) is 12.3 Å². The lowest BCUT2D eigenvalue weighted by Gasteiger charge is -2.14. The lowest BCUT2D eigenvalue weighted by atomic mass is 10.1. The molecule has 0 radical (unpaired) electrons. The lowest BCUT2D eigenvalue weighted by Crippen LogP contribution is -2.37. The number of aryl methyl sites for hydroxylation is 1. The van der Waals surface area contributed by atoms with E-state index in [4.69, 9.17) is 6.42 Å². The topological polar surface area (TPSA) is 41.1 Å². The van der Waals surface area contributed by atoms with Crippen LogP contribution in [0.2, 0.25) is 0 Å². The molecule has 0 aromatic heterocycles. The summed E-state index contributed by atoms with van der Waals surface area (Å²) >= 11 is 0. The summed E-state index contributed by atoms with van der Waals surface area (Å²) in [6, 6.07) is 7.74. The van der Waals surface area contributed by atoms with Crippen molar-refractivity contribution >= 4 is 11.6 Å². The second-order valence-corrected chi connectivity index (χ2v) is 3.84. The molecule has 1 aromatic carbocycles. The van der Waals surface area contributed by atoms with Crippen molar-refractivity contribution in [2.75, 3.05) is 11.9 Å². The van der Waals surface area contributed by atoms with Gasteiger partial charge in [0.1, 0.15) is 6.04 Å². The average Bonchev–Trinajstić information content (AvgIpc) is 2.36. The van der Waals surface area contributed by atoms with Crippen LogP contribution in [-0.2, 0) is 11.2 Å². The smallest absolute Gasteiger partial charge is 0.242 e. The number of carbonyl (C=O) groups excluding carboxylic acids is 1. The highest BCUT2D eigenvalue weighted by atomic mass is 16.2. The summed E-state index contributed by atoms with van der Waals surface area (Å²) < 4.78 is 0. The highest BCUT2D eigenvalue weighted by Crippen LogP contribution is 2.12. The fourth-order valence-electron chi connectivity index (χ4n) is 1.49. The number of hydrogen-bond acceptors (Lipinski definition) is 2. The number of carbonyl (C=O) groups is 1. The van der Waals surface area contributed by atoms with Crippen LogP contribution in [0.4, 0.5) is 5.69 Å². The highest BCUT2D eigenvalue weighted by Gasteiger charge is 2.11. The predicted octanol–water partition coefficient (Wildman–Crippen LogP) is 1.80. The molecular weight excluding hydrogens is 212 g/mol. The van der Waals surface area contributed by atoms with Gasteiger partial charge in [-0.05, 0) is 31.0 Å². The maximum atomic E-state index is 11.6. The number of amides is 1. The van der Waals surface area contributed by atoms with Crippen LogP contribution in [0, 0.1) is 12.3 Å². The molecule has 90 valence electrons. The summed E-state index contributed by atoms with van der Waals surface area (Å²) in [7, 11) is 0. The molecule has 1 atom stereocenters. The monoisotopic (exact) mass is 230 g/mol. The standard InChI is InChI=1S/C14H18N2O/c1-4-9-15-14(17)11(3)16-13-8-6-7-12(5-2)10-13/h1,6-8,10-11,16H,5,9H2,2-3H3,(H,15,17). The Kier molecular flexibility index (Phi) is 5.09. The Hall–Kier alpha value is -1.95. The zero-order chi connectivity index (χ0) is 12.7. The summed E-state index contributed by atoms with van der Waals surface area (Å²) in [5.41, 5.74) is 2.19. The van der Waals surface area contributed by atoms with Crippen LogP contribution >= 0.6 is 0 Å². The van der Waals surface area contributed by atoms with E-state index in [1.165, 1.54) is 5.56 Å². The van der Waals surface area contributed by atoms with E-state index in [9.17, 15) is 4.79 Å². The minimum Gasteiger partial charge on any atom is -0.374 e. The number of benzene rings is 1. The maximum absolute atomic E-state index is 11.6. The molecule has 1 rings (SSSR count). The zero-order valence-electron chi connectivity index (χ0n) is 10.3. The van der Waals surface area contributed by atoms with E-state index >= 15 is 0 Å². The fraction of sp³-hybridized carbons (Fsp3) is 0.357. The van der Waals surface area contributed by atoms with Gasteiger partial charge < -0.3 is 10.6 Å². The van der Waals surface area contributed by atoms with Gasteiger partial charge in [0.05, 0.1) is 6.54 Å². The van der Waals surface area contributed by atoms with Gasteiger partial charge in [0.2, 0.25) is 5.91 Å². The summed E-state index contributed by atoms with van der Waals surface area (Å²) in [5.74, 6) is 2.28. The van der Waals surface area contributed by atoms with Gasteiger partial charge >= 0.3 is 0 Å². The van der Waals surface area contributed by atoms with Crippen LogP contribution in [0.5, 0.6) is 0 Å². The van der Waals surface area contributed by atoms with Gasteiger partial charge in [0, 0.05) is 5.69 Å². The summed E-state index contributed by atoms with van der Waals surface area (Å²) in [4.78, 5) is 11.6. The molecule has 1 aromatic rings. The Morgan fingerprint density at radius 3 is 2.94 bits per heavy atom. The molecule has 0 heterocycles. The third-order valence-corrected chi connectivity index (χ3v) is 2.48. The number of rotatable bonds is 5. The molecule has 3 heteroatoms. The Labute approximate surface area is 103 Å². The minimum atomic E-state index is -0.296. The Balaban J connectivity index is 2.58. The molecule has 0 aliphatic heterocycles. The molecule has 0 spiro atoms.